The standard InChI is InChI=1S/C14H26N2O3/c1-19-7-6-14(4-2-3-5-14)10-16-13(18)12-8-11(17)9-15-12/h11-12,15,17H,2-10H2,1H3,(H,16,18). The van der Waals surface area contributed by atoms with Gasteiger partial charge in [0, 0.05) is 26.8 Å². The number of rotatable bonds is 6. The number of aliphatic hydroxyl groups is 1. The second kappa shape index (κ2) is 6.68. The van der Waals surface area contributed by atoms with Crippen LogP contribution < -0.4 is 10.6 Å². The van der Waals surface area contributed by atoms with Crippen molar-refractivity contribution < 1.29 is 14.6 Å². The Hall–Kier alpha value is -0.650. The molecule has 2 atom stereocenters. The lowest BCUT2D eigenvalue weighted by Gasteiger charge is -2.29. The second-order valence-corrected chi connectivity index (χ2v) is 6.02. The number of aliphatic hydroxyl groups excluding tert-OH is 1. The van der Waals surface area contributed by atoms with E-state index in [1.165, 1.54) is 25.7 Å². The molecular formula is C14H26N2O3. The highest BCUT2D eigenvalue weighted by Gasteiger charge is 2.35. The van der Waals surface area contributed by atoms with Gasteiger partial charge in [0.25, 0.3) is 0 Å². The average Bonchev–Trinajstić information content (AvgIpc) is 3.03. The maximum Gasteiger partial charge on any atom is 0.237 e. The average molecular weight is 270 g/mol. The highest BCUT2D eigenvalue weighted by molar-refractivity contribution is 5.82. The minimum absolute atomic E-state index is 0.0280. The van der Waals surface area contributed by atoms with Crippen LogP contribution in [0.25, 0.3) is 0 Å². The maximum atomic E-state index is 12.0. The molecule has 1 saturated carbocycles. The zero-order chi connectivity index (χ0) is 13.7. The van der Waals surface area contributed by atoms with E-state index in [-0.39, 0.29) is 23.5 Å². The van der Waals surface area contributed by atoms with Crippen LogP contribution in [0.1, 0.15) is 38.5 Å². The number of hydrogen-bond acceptors (Lipinski definition) is 4. The van der Waals surface area contributed by atoms with Crippen LogP contribution in [-0.2, 0) is 9.53 Å². The molecule has 2 rings (SSSR count). The van der Waals surface area contributed by atoms with Crippen molar-refractivity contribution >= 4 is 5.91 Å². The van der Waals surface area contributed by atoms with E-state index in [0.717, 1.165) is 19.6 Å². The Morgan fingerprint density at radius 2 is 2.21 bits per heavy atom. The Labute approximate surface area is 115 Å². The van der Waals surface area contributed by atoms with Gasteiger partial charge < -0.3 is 20.5 Å². The summed E-state index contributed by atoms with van der Waals surface area (Å²) < 4.78 is 5.19. The van der Waals surface area contributed by atoms with Gasteiger partial charge in [0.05, 0.1) is 12.1 Å². The van der Waals surface area contributed by atoms with E-state index in [1.807, 2.05) is 0 Å². The van der Waals surface area contributed by atoms with Crippen molar-refractivity contribution in [2.75, 3.05) is 26.8 Å². The third-order valence-corrected chi connectivity index (χ3v) is 4.56. The van der Waals surface area contributed by atoms with E-state index < -0.39 is 0 Å². The quantitative estimate of drug-likeness (QED) is 0.654. The van der Waals surface area contributed by atoms with Crippen LogP contribution >= 0.6 is 0 Å². The minimum atomic E-state index is -0.385. The summed E-state index contributed by atoms with van der Waals surface area (Å²) in [5.41, 5.74) is 0.225. The monoisotopic (exact) mass is 270 g/mol. The summed E-state index contributed by atoms with van der Waals surface area (Å²) in [5.74, 6) is 0.0280. The molecule has 1 aliphatic carbocycles. The zero-order valence-electron chi connectivity index (χ0n) is 11.8. The summed E-state index contributed by atoms with van der Waals surface area (Å²) in [6, 6.07) is -0.226. The van der Waals surface area contributed by atoms with Crippen LogP contribution in [0.15, 0.2) is 0 Å². The fourth-order valence-corrected chi connectivity index (χ4v) is 3.27. The molecule has 0 aromatic heterocycles. The molecule has 5 heteroatoms. The third-order valence-electron chi connectivity index (χ3n) is 4.56. The molecular weight excluding hydrogens is 244 g/mol. The molecule has 2 aliphatic rings. The number of hydrogen-bond donors (Lipinski definition) is 3. The normalized spacial score (nSPS) is 29.6. The molecule has 2 unspecified atom stereocenters. The summed E-state index contributed by atoms with van der Waals surface area (Å²) in [4.78, 5) is 12.0. The molecule has 0 spiro atoms. The van der Waals surface area contributed by atoms with Crippen molar-refractivity contribution in [2.24, 2.45) is 5.41 Å². The van der Waals surface area contributed by atoms with Crippen LogP contribution in [0, 0.1) is 5.41 Å². The Morgan fingerprint density at radius 3 is 2.79 bits per heavy atom. The van der Waals surface area contributed by atoms with Gasteiger partial charge in [-0.05, 0) is 31.1 Å². The van der Waals surface area contributed by atoms with Gasteiger partial charge in [-0.2, -0.15) is 0 Å². The smallest absolute Gasteiger partial charge is 0.237 e. The molecule has 0 bridgehead atoms. The van der Waals surface area contributed by atoms with E-state index in [0.29, 0.717) is 13.0 Å². The Balaban J connectivity index is 1.80. The fraction of sp³-hybridized carbons (Fsp3) is 0.929. The van der Waals surface area contributed by atoms with Crippen LogP contribution in [0.2, 0.25) is 0 Å². The van der Waals surface area contributed by atoms with E-state index in [2.05, 4.69) is 10.6 Å². The van der Waals surface area contributed by atoms with Crippen molar-refractivity contribution in [1.82, 2.24) is 10.6 Å². The first kappa shape index (κ1) is 14.8. The van der Waals surface area contributed by atoms with Crippen molar-refractivity contribution in [3.8, 4) is 0 Å². The summed E-state index contributed by atoms with van der Waals surface area (Å²) >= 11 is 0. The first-order valence-corrected chi connectivity index (χ1v) is 7.33. The van der Waals surface area contributed by atoms with E-state index >= 15 is 0 Å². The highest BCUT2D eigenvalue weighted by Crippen LogP contribution is 2.40. The van der Waals surface area contributed by atoms with Gasteiger partial charge in [0.15, 0.2) is 0 Å². The number of ether oxygens (including phenoxy) is 1. The molecule has 5 nitrogen and oxygen atoms in total. The van der Waals surface area contributed by atoms with Crippen molar-refractivity contribution in [3.05, 3.63) is 0 Å². The molecule has 110 valence electrons. The van der Waals surface area contributed by atoms with Gasteiger partial charge >= 0.3 is 0 Å². The Bertz CT molecular complexity index is 303. The maximum absolute atomic E-state index is 12.0. The van der Waals surface area contributed by atoms with Gasteiger partial charge in [-0.25, -0.2) is 0 Å². The molecule has 0 aromatic rings. The lowest BCUT2D eigenvalue weighted by atomic mass is 9.83. The van der Waals surface area contributed by atoms with E-state index in [1.54, 1.807) is 7.11 Å². The van der Waals surface area contributed by atoms with Gasteiger partial charge in [-0.3, -0.25) is 4.79 Å². The lowest BCUT2D eigenvalue weighted by molar-refractivity contribution is -0.123. The lowest BCUT2D eigenvalue weighted by Crippen LogP contribution is -2.44. The highest BCUT2D eigenvalue weighted by atomic mass is 16.5. The topological polar surface area (TPSA) is 70.6 Å². The molecule has 1 saturated heterocycles. The number of carbonyl (C=O) groups is 1. The summed E-state index contributed by atoms with van der Waals surface area (Å²) in [6.45, 7) is 2.02. The number of nitrogens with one attached hydrogen (secondary N) is 2. The van der Waals surface area contributed by atoms with Crippen LogP contribution in [0.4, 0.5) is 0 Å². The molecule has 0 aromatic carbocycles. The predicted molar refractivity (Wildman–Crippen MR) is 72.8 cm³/mol. The molecule has 19 heavy (non-hydrogen) atoms. The Morgan fingerprint density at radius 1 is 1.47 bits per heavy atom. The molecule has 2 fully saturated rings. The molecule has 1 heterocycles. The molecule has 3 N–H and O–H groups in total. The van der Waals surface area contributed by atoms with Gasteiger partial charge in [-0.15, -0.1) is 0 Å². The number of methoxy groups -OCH3 is 1. The summed E-state index contributed by atoms with van der Waals surface area (Å²) in [5, 5.41) is 15.6. The van der Waals surface area contributed by atoms with Crippen LogP contribution in [-0.4, -0.2) is 50.0 Å². The minimum Gasteiger partial charge on any atom is -0.392 e. The van der Waals surface area contributed by atoms with Crippen LogP contribution in [0.3, 0.4) is 0 Å². The number of amides is 1. The van der Waals surface area contributed by atoms with Gasteiger partial charge in [0.1, 0.15) is 0 Å². The fourth-order valence-electron chi connectivity index (χ4n) is 3.27. The van der Waals surface area contributed by atoms with Crippen LogP contribution in [0.5, 0.6) is 0 Å². The van der Waals surface area contributed by atoms with E-state index in [9.17, 15) is 9.90 Å². The first-order valence-electron chi connectivity index (χ1n) is 7.33. The van der Waals surface area contributed by atoms with Gasteiger partial charge in [-0.1, -0.05) is 12.8 Å². The number of carbonyl (C=O) groups excluding carboxylic acids is 1. The van der Waals surface area contributed by atoms with Crippen molar-refractivity contribution in [3.63, 3.8) is 0 Å². The predicted octanol–water partition coefficient (Wildman–Crippen LogP) is 0.422. The third kappa shape index (κ3) is 3.91. The van der Waals surface area contributed by atoms with Gasteiger partial charge in [0.2, 0.25) is 5.91 Å². The van der Waals surface area contributed by atoms with E-state index in [4.69, 9.17) is 4.74 Å². The second-order valence-electron chi connectivity index (χ2n) is 6.02. The Kier molecular flexibility index (Phi) is 5.19. The summed E-state index contributed by atoms with van der Waals surface area (Å²) in [7, 11) is 1.73. The number of β-amino-alcohol motifs (C(OH)–C–C–N with tert-alkyl or cyclic N) is 1. The zero-order valence-corrected chi connectivity index (χ0v) is 11.8. The SMILES string of the molecule is COCCC1(CNC(=O)C2CC(O)CN2)CCCC1. The van der Waals surface area contributed by atoms with Crippen molar-refractivity contribution in [1.29, 1.82) is 0 Å². The first-order chi connectivity index (χ1) is 9.15. The molecule has 1 aliphatic heterocycles. The largest absolute Gasteiger partial charge is 0.392 e. The van der Waals surface area contributed by atoms with Crippen molar-refractivity contribution in [2.45, 2.75) is 50.7 Å². The summed E-state index contributed by atoms with van der Waals surface area (Å²) in [6.07, 6.45) is 6.01. The molecule has 0 radical (unpaired) electrons. The molecule has 1 amide bonds.